The molecule has 0 radical (unpaired) electrons. The van der Waals surface area contributed by atoms with Crippen LogP contribution in [0.25, 0.3) is 0 Å². The predicted octanol–water partition coefficient (Wildman–Crippen LogP) is 3.13. The Balaban J connectivity index is 1.97. The van der Waals surface area contributed by atoms with Crippen LogP contribution < -0.4 is 5.32 Å². The summed E-state index contributed by atoms with van der Waals surface area (Å²) in [5, 5.41) is 2.81. The summed E-state index contributed by atoms with van der Waals surface area (Å²) in [7, 11) is 0. The fraction of sp³-hybridized carbons (Fsp3) is 0.556. The van der Waals surface area contributed by atoms with Crippen LogP contribution in [-0.4, -0.2) is 35.8 Å². The van der Waals surface area contributed by atoms with Crippen LogP contribution in [-0.2, 0) is 4.79 Å². The normalized spacial score (nSPS) is 18.6. The molecule has 1 saturated heterocycles. The minimum Gasteiger partial charge on any atom is -0.341 e. The molecule has 1 aromatic rings. The highest BCUT2D eigenvalue weighted by Crippen LogP contribution is 2.14. The molecule has 2 rings (SSSR count). The van der Waals surface area contributed by atoms with Gasteiger partial charge in [0.25, 0.3) is 5.91 Å². The minimum absolute atomic E-state index is 0.00839. The fourth-order valence-corrected chi connectivity index (χ4v) is 2.86. The van der Waals surface area contributed by atoms with Gasteiger partial charge in [-0.15, -0.1) is 0 Å². The van der Waals surface area contributed by atoms with E-state index in [0.717, 1.165) is 45.2 Å². The first kappa shape index (κ1) is 17.4. The molecule has 1 atom stereocenters. The van der Waals surface area contributed by atoms with Gasteiger partial charge in [-0.3, -0.25) is 9.59 Å². The summed E-state index contributed by atoms with van der Waals surface area (Å²) in [5.41, 5.74) is 0.376. The highest BCUT2D eigenvalue weighted by atomic mass is 19.1. The highest BCUT2D eigenvalue weighted by Gasteiger charge is 2.28. The van der Waals surface area contributed by atoms with Crippen molar-refractivity contribution in [1.29, 1.82) is 0 Å². The van der Waals surface area contributed by atoms with Crippen LogP contribution >= 0.6 is 0 Å². The van der Waals surface area contributed by atoms with Gasteiger partial charge >= 0.3 is 0 Å². The van der Waals surface area contributed by atoms with Gasteiger partial charge in [0.2, 0.25) is 5.91 Å². The van der Waals surface area contributed by atoms with E-state index in [1.54, 1.807) is 0 Å². The molecule has 0 aliphatic carbocycles. The van der Waals surface area contributed by atoms with Gasteiger partial charge in [-0.1, -0.05) is 19.8 Å². The molecule has 1 fully saturated rings. The van der Waals surface area contributed by atoms with E-state index in [2.05, 4.69) is 12.2 Å². The van der Waals surface area contributed by atoms with Crippen LogP contribution in [0.3, 0.4) is 0 Å². The Kier molecular flexibility index (Phi) is 6.56. The lowest BCUT2D eigenvalue weighted by atomic mass is 10.1. The van der Waals surface area contributed by atoms with Crippen LogP contribution in [0.15, 0.2) is 24.3 Å². The van der Waals surface area contributed by atoms with E-state index in [-0.39, 0.29) is 17.6 Å². The third-order valence-corrected chi connectivity index (χ3v) is 4.22. The number of halogens is 1. The third kappa shape index (κ3) is 5.05. The van der Waals surface area contributed by atoms with Gasteiger partial charge in [-0.2, -0.15) is 0 Å². The van der Waals surface area contributed by atoms with Crippen molar-refractivity contribution in [2.75, 3.05) is 13.1 Å². The summed E-state index contributed by atoms with van der Waals surface area (Å²) in [6.07, 6.45) is 5.78. The molecule has 0 saturated carbocycles. The molecular formula is C18H25FN2O2. The molecule has 1 aromatic carbocycles. The first-order chi connectivity index (χ1) is 11.1. The monoisotopic (exact) mass is 320 g/mol. The van der Waals surface area contributed by atoms with Gasteiger partial charge in [0.15, 0.2) is 0 Å². The van der Waals surface area contributed by atoms with Crippen LogP contribution in [0.1, 0.15) is 55.8 Å². The number of likely N-dealkylation sites (tertiary alicyclic amines) is 1. The van der Waals surface area contributed by atoms with Gasteiger partial charge < -0.3 is 10.2 Å². The van der Waals surface area contributed by atoms with Crippen molar-refractivity contribution in [1.82, 2.24) is 10.2 Å². The number of amides is 2. The summed E-state index contributed by atoms with van der Waals surface area (Å²) in [6, 6.07) is 4.90. The molecule has 2 amide bonds. The molecule has 1 aliphatic rings. The van der Waals surface area contributed by atoms with Crippen molar-refractivity contribution in [3.8, 4) is 0 Å². The summed E-state index contributed by atoms with van der Waals surface area (Å²) >= 11 is 0. The predicted molar refractivity (Wildman–Crippen MR) is 87.6 cm³/mol. The molecule has 0 aromatic heterocycles. The maximum atomic E-state index is 12.9. The van der Waals surface area contributed by atoms with Gasteiger partial charge in [-0.25, -0.2) is 4.39 Å². The summed E-state index contributed by atoms with van der Waals surface area (Å²) in [5.74, 6) is -0.693. The summed E-state index contributed by atoms with van der Waals surface area (Å²) < 4.78 is 12.9. The first-order valence-corrected chi connectivity index (χ1v) is 8.47. The van der Waals surface area contributed by atoms with Crippen molar-refractivity contribution in [3.05, 3.63) is 35.6 Å². The zero-order chi connectivity index (χ0) is 16.7. The smallest absolute Gasteiger partial charge is 0.251 e. The average molecular weight is 320 g/mol. The van der Waals surface area contributed by atoms with Gasteiger partial charge in [0.05, 0.1) is 0 Å². The number of benzene rings is 1. The number of nitrogens with one attached hydrogen (secondary N) is 1. The maximum Gasteiger partial charge on any atom is 0.251 e. The molecule has 1 N–H and O–H groups in total. The van der Waals surface area contributed by atoms with Crippen molar-refractivity contribution < 1.29 is 14.0 Å². The van der Waals surface area contributed by atoms with E-state index in [1.807, 2.05) is 4.90 Å². The average Bonchev–Trinajstić information content (AvgIpc) is 2.71. The summed E-state index contributed by atoms with van der Waals surface area (Å²) in [6.45, 7) is 3.66. The number of rotatable bonds is 6. The molecule has 0 spiro atoms. The molecule has 1 aliphatic heterocycles. The van der Waals surface area contributed by atoms with E-state index in [0.29, 0.717) is 12.0 Å². The van der Waals surface area contributed by atoms with Crippen LogP contribution in [0.4, 0.5) is 4.39 Å². The second-order valence-corrected chi connectivity index (χ2v) is 6.06. The minimum atomic E-state index is -0.475. The molecule has 5 heteroatoms. The van der Waals surface area contributed by atoms with Crippen LogP contribution in [0.5, 0.6) is 0 Å². The lowest BCUT2D eigenvalue weighted by Crippen LogP contribution is -2.47. The third-order valence-electron chi connectivity index (χ3n) is 4.22. The van der Waals surface area contributed by atoms with Gasteiger partial charge in [0, 0.05) is 18.7 Å². The number of carbonyl (C=O) groups is 2. The SMILES string of the molecule is CCCCCN1CCCCC(NC(=O)c2ccc(F)cc2)C1=O. The van der Waals surface area contributed by atoms with E-state index >= 15 is 0 Å². The second-order valence-electron chi connectivity index (χ2n) is 6.06. The maximum absolute atomic E-state index is 12.9. The Bertz CT molecular complexity index is 530. The van der Waals surface area contributed by atoms with Crippen molar-refractivity contribution in [2.24, 2.45) is 0 Å². The molecule has 23 heavy (non-hydrogen) atoms. The number of unbranched alkanes of at least 4 members (excludes halogenated alkanes) is 2. The Hall–Kier alpha value is -1.91. The number of carbonyl (C=O) groups excluding carboxylic acids is 2. The van der Waals surface area contributed by atoms with Crippen molar-refractivity contribution >= 4 is 11.8 Å². The standard InChI is InChI=1S/C18H25FN2O2/c1-2-3-5-12-21-13-6-4-7-16(18(21)23)20-17(22)14-8-10-15(19)11-9-14/h8-11,16H,2-7,12-13H2,1H3,(H,20,22). The van der Waals surface area contributed by atoms with Gasteiger partial charge in [-0.05, 0) is 49.9 Å². The quantitative estimate of drug-likeness (QED) is 0.819. The molecule has 1 unspecified atom stereocenters. The van der Waals surface area contributed by atoms with E-state index in [4.69, 9.17) is 0 Å². The van der Waals surface area contributed by atoms with Crippen LogP contribution in [0.2, 0.25) is 0 Å². The Labute approximate surface area is 137 Å². The largest absolute Gasteiger partial charge is 0.341 e. The molecule has 126 valence electrons. The number of nitrogens with zero attached hydrogens (tertiary/aromatic N) is 1. The Morgan fingerprint density at radius 2 is 2.00 bits per heavy atom. The highest BCUT2D eigenvalue weighted by molar-refractivity contribution is 5.97. The Morgan fingerprint density at radius 1 is 1.26 bits per heavy atom. The molecular weight excluding hydrogens is 295 g/mol. The first-order valence-electron chi connectivity index (χ1n) is 8.47. The van der Waals surface area contributed by atoms with Gasteiger partial charge in [0.1, 0.15) is 11.9 Å². The second kappa shape index (κ2) is 8.65. The zero-order valence-electron chi connectivity index (χ0n) is 13.7. The van der Waals surface area contributed by atoms with E-state index in [9.17, 15) is 14.0 Å². The fourth-order valence-electron chi connectivity index (χ4n) is 2.86. The lowest BCUT2D eigenvalue weighted by molar-refractivity contribution is -0.132. The van der Waals surface area contributed by atoms with E-state index < -0.39 is 6.04 Å². The van der Waals surface area contributed by atoms with E-state index in [1.165, 1.54) is 24.3 Å². The molecule has 0 bridgehead atoms. The topological polar surface area (TPSA) is 49.4 Å². The van der Waals surface area contributed by atoms with Crippen LogP contribution in [0, 0.1) is 5.82 Å². The lowest BCUT2D eigenvalue weighted by Gasteiger charge is -2.25. The van der Waals surface area contributed by atoms with Crippen molar-refractivity contribution in [2.45, 2.75) is 51.5 Å². The summed E-state index contributed by atoms with van der Waals surface area (Å²) in [4.78, 5) is 26.7. The Morgan fingerprint density at radius 3 is 2.70 bits per heavy atom. The zero-order valence-corrected chi connectivity index (χ0v) is 13.7. The number of hydrogen-bond donors (Lipinski definition) is 1. The molecule has 4 nitrogen and oxygen atoms in total. The van der Waals surface area contributed by atoms with Crippen molar-refractivity contribution in [3.63, 3.8) is 0 Å². The molecule has 1 heterocycles. The number of hydrogen-bond acceptors (Lipinski definition) is 2.